The van der Waals surface area contributed by atoms with Gasteiger partial charge in [-0.05, 0) is 25.8 Å². The van der Waals surface area contributed by atoms with E-state index in [-0.39, 0.29) is 24.4 Å². The van der Waals surface area contributed by atoms with Crippen LogP contribution in [0.5, 0.6) is 0 Å². The molecule has 1 fully saturated rings. The molecule has 1 amide bonds. The first-order valence-electron chi connectivity index (χ1n) is 7.09. The van der Waals surface area contributed by atoms with Crippen molar-refractivity contribution < 1.29 is 13.2 Å². The molecule has 0 radical (unpaired) electrons. The van der Waals surface area contributed by atoms with E-state index < -0.39 is 10.0 Å². The number of carbonyl (C=O) groups is 1. The fourth-order valence-corrected chi connectivity index (χ4v) is 3.46. The number of rotatable bonds is 5. The number of sulfonamides is 1. The Hall–Kier alpha value is -1.41. The summed E-state index contributed by atoms with van der Waals surface area (Å²) in [6.07, 6.45) is 6.17. The molecule has 1 aromatic rings. The zero-order valence-electron chi connectivity index (χ0n) is 12.4. The summed E-state index contributed by atoms with van der Waals surface area (Å²) in [5.41, 5.74) is 0. The van der Waals surface area contributed by atoms with E-state index in [4.69, 9.17) is 0 Å². The highest BCUT2D eigenvalue weighted by atomic mass is 32.2. The number of amides is 1. The van der Waals surface area contributed by atoms with Crippen LogP contribution < -0.4 is 5.32 Å². The van der Waals surface area contributed by atoms with E-state index in [2.05, 4.69) is 10.4 Å². The second kappa shape index (κ2) is 6.57. The SMILES string of the molecule is C[C@H](Cn1cccn1)NC(=O)[C@H]1CCCN(S(C)(=O)=O)C1. The van der Waals surface area contributed by atoms with Crippen LogP contribution in [0.3, 0.4) is 0 Å². The van der Waals surface area contributed by atoms with E-state index in [1.54, 1.807) is 10.9 Å². The number of hydrogen-bond acceptors (Lipinski definition) is 4. The third-order valence-electron chi connectivity index (χ3n) is 3.63. The van der Waals surface area contributed by atoms with Gasteiger partial charge >= 0.3 is 0 Å². The smallest absolute Gasteiger partial charge is 0.224 e. The Bertz CT molecular complexity index is 570. The van der Waals surface area contributed by atoms with Crippen LogP contribution in [0.25, 0.3) is 0 Å². The lowest BCUT2D eigenvalue weighted by Crippen LogP contribution is -2.47. The Morgan fingerprint density at radius 3 is 2.90 bits per heavy atom. The van der Waals surface area contributed by atoms with Crippen molar-refractivity contribution in [2.24, 2.45) is 5.92 Å². The number of nitrogens with zero attached hydrogens (tertiary/aromatic N) is 3. The zero-order chi connectivity index (χ0) is 15.5. The van der Waals surface area contributed by atoms with Gasteiger partial charge in [-0.15, -0.1) is 0 Å². The summed E-state index contributed by atoms with van der Waals surface area (Å²) < 4.78 is 26.3. The molecule has 1 aromatic heterocycles. The molecule has 1 N–H and O–H groups in total. The Labute approximate surface area is 125 Å². The lowest BCUT2D eigenvalue weighted by Gasteiger charge is -2.30. The lowest BCUT2D eigenvalue weighted by atomic mass is 9.98. The number of carbonyl (C=O) groups excluding carboxylic acids is 1. The summed E-state index contributed by atoms with van der Waals surface area (Å²) in [5.74, 6) is -0.350. The molecule has 1 aliphatic rings. The first-order chi connectivity index (χ1) is 9.86. The van der Waals surface area contributed by atoms with Gasteiger partial charge in [-0.2, -0.15) is 5.10 Å². The predicted octanol–water partition coefficient (Wildman–Crippen LogP) is 0.0594. The highest BCUT2D eigenvalue weighted by molar-refractivity contribution is 7.88. The molecule has 2 heterocycles. The molecular formula is C13H22N4O3S. The van der Waals surface area contributed by atoms with Crippen LogP contribution in [0.2, 0.25) is 0 Å². The second-order valence-corrected chi connectivity index (χ2v) is 7.58. The van der Waals surface area contributed by atoms with Crippen molar-refractivity contribution >= 4 is 15.9 Å². The van der Waals surface area contributed by atoms with Gasteiger partial charge in [0.15, 0.2) is 0 Å². The first kappa shape index (κ1) is 16.0. The molecule has 21 heavy (non-hydrogen) atoms. The van der Waals surface area contributed by atoms with Crippen molar-refractivity contribution in [2.75, 3.05) is 19.3 Å². The van der Waals surface area contributed by atoms with Gasteiger partial charge in [-0.25, -0.2) is 12.7 Å². The molecule has 7 nitrogen and oxygen atoms in total. The number of piperidine rings is 1. The molecule has 118 valence electrons. The molecule has 1 aliphatic heterocycles. The van der Waals surface area contributed by atoms with E-state index in [1.807, 2.05) is 19.2 Å². The summed E-state index contributed by atoms with van der Waals surface area (Å²) in [6, 6.07) is 1.78. The molecular weight excluding hydrogens is 292 g/mol. The van der Waals surface area contributed by atoms with Gasteiger partial charge in [0.05, 0.1) is 18.7 Å². The minimum absolute atomic E-state index is 0.0500. The van der Waals surface area contributed by atoms with Crippen molar-refractivity contribution in [1.29, 1.82) is 0 Å². The van der Waals surface area contributed by atoms with Crippen molar-refractivity contribution in [1.82, 2.24) is 19.4 Å². The van der Waals surface area contributed by atoms with Crippen LogP contribution in [0, 0.1) is 5.92 Å². The van der Waals surface area contributed by atoms with Gasteiger partial charge in [0.1, 0.15) is 0 Å². The summed E-state index contributed by atoms with van der Waals surface area (Å²) in [7, 11) is -3.22. The van der Waals surface area contributed by atoms with E-state index in [9.17, 15) is 13.2 Å². The molecule has 0 aromatic carbocycles. The number of hydrogen-bond donors (Lipinski definition) is 1. The van der Waals surface area contributed by atoms with Crippen molar-refractivity contribution in [3.63, 3.8) is 0 Å². The monoisotopic (exact) mass is 314 g/mol. The van der Waals surface area contributed by atoms with Gasteiger partial charge in [0.25, 0.3) is 0 Å². The largest absolute Gasteiger partial charge is 0.352 e. The standard InChI is InChI=1S/C13H22N4O3S/c1-11(9-16-7-4-6-14-16)15-13(18)12-5-3-8-17(10-12)21(2,19)20/h4,6-7,11-12H,3,5,8-10H2,1-2H3,(H,15,18)/t11-,12+/m1/s1. The van der Waals surface area contributed by atoms with Crippen LogP contribution in [0.15, 0.2) is 18.5 Å². The summed E-state index contributed by atoms with van der Waals surface area (Å²) in [4.78, 5) is 12.2. The minimum Gasteiger partial charge on any atom is -0.352 e. The highest BCUT2D eigenvalue weighted by Crippen LogP contribution is 2.18. The summed E-state index contributed by atoms with van der Waals surface area (Å²) in [6.45, 7) is 3.29. The predicted molar refractivity (Wildman–Crippen MR) is 79.0 cm³/mol. The first-order valence-corrected chi connectivity index (χ1v) is 8.94. The van der Waals surface area contributed by atoms with Crippen molar-refractivity contribution in [2.45, 2.75) is 32.4 Å². The summed E-state index contributed by atoms with van der Waals surface area (Å²) in [5, 5.41) is 7.04. The van der Waals surface area contributed by atoms with Crippen molar-refractivity contribution in [3.05, 3.63) is 18.5 Å². The van der Waals surface area contributed by atoms with E-state index in [0.717, 1.165) is 12.8 Å². The summed E-state index contributed by atoms with van der Waals surface area (Å²) >= 11 is 0. The maximum Gasteiger partial charge on any atom is 0.224 e. The van der Waals surface area contributed by atoms with Crippen LogP contribution in [0.4, 0.5) is 0 Å². The average Bonchev–Trinajstić information content (AvgIpc) is 2.90. The fraction of sp³-hybridized carbons (Fsp3) is 0.692. The van der Waals surface area contributed by atoms with Gasteiger partial charge in [-0.1, -0.05) is 0 Å². The Kier molecular flexibility index (Phi) is 5.00. The Morgan fingerprint density at radius 1 is 1.52 bits per heavy atom. The molecule has 8 heteroatoms. The molecule has 0 aliphatic carbocycles. The third kappa shape index (κ3) is 4.53. The maximum absolute atomic E-state index is 12.2. The van der Waals surface area contributed by atoms with Crippen molar-refractivity contribution in [3.8, 4) is 0 Å². The molecule has 0 saturated carbocycles. The van der Waals surface area contributed by atoms with E-state index in [1.165, 1.54) is 10.6 Å². The quantitative estimate of drug-likeness (QED) is 0.833. The second-order valence-electron chi connectivity index (χ2n) is 5.60. The lowest BCUT2D eigenvalue weighted by molar-refractivity contribution is -0.126. The Balaban J connectivity index is 1.87. The molecule has 0 unspecified atom stereocenters. The third-order valence-corrected chi connectivity index (χ3v) is 4.90. The zero-order valence-corrected chi connectivity index (χ0v) is 13.2. The molecule has 1 saturated heterocycles. The normalized spacial score (nSPS) is 21.9. The van der Waals surface area contributed by atoms with Gasteiger partial charge in [-0.3, -0.25) is 9.48 Å². The van der Waals surface area contributed by atoms with Crippen LogP contribution in [0.1, 0.15) is 19.8 Å². The maximum atomic E-state index is 12.2. The van der Waals surface area contributed by atoms with Gasteiger partial charge in [0, 0.05) is 31.5 Å². The number of aromatic nitrogens is 2. The van der Waals surface area contributed by atoms with Crippen LogP contribution in [-0.2, 0) is 21.4 Å². The molecule has 0 spiro atoms. The van der Waals surface area contributed by atoms with Crippen LogP contribution in [-0.4, -0.2) is 53.8 Å². The topological polar surface area (TPSA) is 84.3 Å². The van der Waals surface area contributed by atoms with Gasteiger partial charge < -0.3 is 5.32 Å². The molecule has 2 atom stereocenters. The highest BCUT2D eigenvalue weighted by Gasteiger charge is 2.30. The van der Waals surface area contributed by atoms with Gasteiger partial charge in [0.2, 0.25) is 15.9 Å². The molecule has 2 rings (SSSR count). The number of nitrogens with one attached hydrogen (secondary N) is 1. The fourth-order valence-electron chi connectivity index (χ4n) is 2.55. The van der Waals surface area contributed by atoms with E-state index in [0.29, 0.717) is 13.1 Å². The minimum atomic E-state index is -3.22. The average molecular weight is 314 g/mol. The Morgan fingerprint density at radius 2 is 2.29 bits per heavy atom. The van der Waals surface area contributed by atoms with Crippen LogP contribution >= 0.6 is 0 Å². The molecule has 0 bridgehead atoms. The van der Waals surface area contributed by atoms with E-state index >= 15 is 0 Å².